The number of aliphatic carboxylic acids is 1. The van der Waals surface area contributed by atoms with Crippen molar-refractivity contribution in [2.24, 2.45) is 0 Å². The largest absolute Gasteiger partial charge is 0.479 e. The van der Waals surface area contributed by atoms with Gasteiger partial charge in [0, 0.05) is 0 Å². The zero-order valence-electron chi connectivity index (χ0n) is 10.8. The normalized spacial score (nSPS) is 13.1. The van der Waals surface area contributed by atoms with Crippen molar-refractivity contribution in [3.8, 4) is 0 Å². The van der Waals surface area contributed by atoms with Gasteiger partial charge in [0.25, 0.3) is 0 Å². The maximum Gasteiger partial charge on any atom is 0.337 e. The number of aliphatic hydroxyl groups excluding tert-OH is 1. The van der Waals surface area contributed by atoms with Crippen molar-refractivity contribution in [1.29, 1.82) is 0 Å². The van der Waals surface area contributed by atoms with Crippen LogP contribution in [-0.2, 0) is 4.79 Å². The van der Waals surface area contributed by atoms with E-state index in [0.717, 1.165) is 5.56 Å². The van der Waals surface area contributed by atoms with Gasteiger partial charge in [-0.3, -0.25) is 0 Å². The number of carboxylic acid groups (broad SMARTS) is 1. The maximum absolute atomic E-state index is 10.7. The fourth-order valence-electron chi connectivity index (χ4n) is 1.93. The lowest BCUT2D eigenvalue weighted by Crippen LogP contribution is -2.11. The highest BCUT2D eigenvalue weighted by Gasteiger charge is 2.18. The summed E-state index contributed by atoms with van der Waals surface area (Å²) in [5.41, 5.74) is 2.77. The van der Waals surface area contributed by atoms with E-state index in [-0.39, 0.29) is 0 Å². The maximum atomic E-state index is 10.7. The Morgan fingerprint density at radius 3 is 2.00 bits per heavy atom. The van der Waals surface area contributed by atoms with E-state index in [2.05, 4.69) is 27.7 Å². The van der Waals surface area contributed by atoms with Gasteiger partial charge in [-0.05, 0) is 28.5 Å². The molecular weight excluding hydrogens is 216 g/mol. The summed E-state index contributed by atoms with van der Waals surface area (Å²) in [6.07, 6.45) is -1.44. The van der Waals surface area contributed by atoms with Crippen LogP contribution >= 0.6 is 0 Å². The molecule has 17 heavy (non-hydrogen) atoms. The minimum atomic E-state index is -1.44. The fourth-order valence-corrected chi connectivity index (χ4v) is 1.93. The van der Waals surface area contributed by atoms with Crippen LogP contribution in [0.1, 0.15) is 62.3 Å². The van der Waals surface area contributed by atoms with Gasteiger partial charge in [0.2, 0.25) is 0 Å². The molecule has 0 amide bonds. The van der Waals surface area contributed by atoms with Crippen molar-refractivity contribution in [2.75, 3.05) is 0 Å². The molecule has 0 spiro atoms. The number of benzene rings is 1. The van der Waals surface area contributed by atoms with Crippen molar-refractivity contribution in [3.05, 3.63) is 34.9 Å². The first-order chi connectivity index (χ1) is 7.84. The van der Waals surface area contributed by atoms with Crippen LogP contribution in [0.4, 0.5) is 0 Å². The number of hydrogen-bond donors (Lipinski definition) is 2. The number of aliphatic hydroxyl groups is 1. The summed E-state index contributed by atoms with van der Waals surface area (Å²) >= 11 is 0. The quantitative estimate of drug-likeness (QED) is 0.844. The second kappa shape index (κ2) is 5.32. The molecule has 94 valence electrons. The molecule has 1 aromatic rings. The Morgan fingerprint density at radius 2 is 1.59 bits per heavy atom. The van der Waals surface area contributed by atoms with Gasteiger partial charge in [-0.15, -0.1) is 0 Å². The minimum absolute atomic E-state index is 0.313. The number of hydrogen-bond acceptors (Lipinski definition) is 2. The van der Waals surface area contributed by atoms with E-state index in [1.165, 1.54) is 5.56 Å². The first-order valence-corrected chi connectivity index (χ1v) is 5.89. The summed E-state index contributed by atoms with van der Waals surface area (Å²) in [4.78, 5) is 10.7. The summed E-state index contributed by atoms with van der Waals surface area (Å²) in [6.45, 7) is 8.35. The Labute approximate surface area is 102 Å². The summed E-state index contributed by atoms with van der Waals surface area (Å²) < 4.78 is 0. The predicted octanol–water partition coefficient (Wildman–Crippen LogP) is 3.05. The Bertz CT molecular complexity index is 408. The van der Waals surface area contributed by atoms with Gasteiger partial charge in [0.05, 0.1) is 0 Å². The topological polar surface area (TPSA) is 57.5 Å². The molecule has 3 heteroatoms. The summed E-state index contributed by atoms with van der Waals surface area (Å²) in [7, 11) is 0. The lowest BCUT2D eigenvalue weighted by Gasteiger charge is -2.18. The highest BCUT2D eigenvalue weighted by Crippen LogP contribution is 2.29. The van der Waals surface area contributed by atoms with E-state index < -0.39 is 12.1 Å². The molecule has 0 aliphatic rings. The molecule has 0 saturated carbocycles. The smallest absolute Gasteiger partial charge is 0.337 e. The third-order valence-corrected chi connectivity index (χ3v) is 2.90. The summed E-state index contributed by atoms with van der Waals surface area (Å²) in [6, 6.07) is 5.42. The van der Waals surface area contributed by atoms with Gasteiger partial charge in [0.15, 0.2) is 6.10 Å². The lowest BCUT2D eigenvalue weighted by molar-refractivity contribution is -0.146. The highest BCUT2D eigenvalue weighted by atomic mass is 16.4. The molecule has 0 aliphatic carbocycles. The molecule has 1 unspecified atom stereocenters. The van der Waals surface area contributed by atoms with Crippen LogP contribution in [0.5, 0.6) is 0 Å². The van der Waals surface area contributed by atoms with Crippen LogP contribution in [0, 0.1) is 0 Å². The van der Waals surface area contributed by atoms with Crippen LogP contribution in [0.3, 0.4) is 0 Å². The molecular formula is C14H20O3. The van der Waals surface area contributed by atoms with Gasteiger partial charge >= 0.3 is 5.97 Å². The Balaban J connectivity index is 3.23. The monoisotopic (exact) mass is 236 g/mol. The SMILES string of the molecule is CC(C)c1ccc(C(O)C(=O)O)cc1C(C)C. The Morgan fingerprint density at radius 1 is 1.06 bits per heavy atom. The molecule has 0 radical (unpaired) electrons. The summed E-state index contributed by atoms with van der Waals surface area (Å²) in [5.74, 6) is -0.506. The average molecular weight is 236 g/mol. The standard InChI is InChI=1S/C14H20O3/c1-8(2)11-6-5-10(13(15)14(16)17)7-12(11)9(3)4/h5-9,13,15H,1-4H3,(H,16,17). The van der Waals surface area contributed by atoms with E-state index in [9.17, 15) is 9.90 Å². The number of carboxylic acids is 1. The van der Waals surface area contributed by atoms with E-state index in [0.29, 0.717) is 17.4 Å². The molecule has 1 aromatic carbocycles. The molecule has 0 heterocycles. The van der Waals surface area contributed by atoms with E-state index >= 15 is 0 Å². The molecule has 0 fully saturated rings. The number of rotatable bonds is 4. The van der Waals surface area contributed by atoms with Crippen molar-refractivity contribution in [1.82, 2.24) is 0 Å². The van der Waals surface area contributed by atoms with Crippen molar-refractivity contribution in [2.45, 2.75) is 45.6 Å². The highest BCUT2D eigenvalue weighted by molar-refractivity contribution is 5.74. The second-order valence-electron chi connectivity index (χ2n) is 4.94. The molecule has 0 saturated heterocycles. The van der Waals surface area contributed by atoms with Crippen LogP contribution in [0.2, 0.25) is 0 Å². The molecule has 0 bridgehead atoms. The molecule has 2 N–H and O–H groups in total. The zero-order valence-corrected chi connectivity index (χ0v) is 10.8. The molecule has 0 aromatic heterocycles. The molecule has 3 nitrogen and oxygen atoms in total. The van der Waals surface area contributed by atoms with Gasteiger partial charge in [-0.25, -0.2) is 4.79 Å². The first-order valence-electron chi connectivity index (χ1n) is 5.89. The van der Waals surface area contributed by atoms with Crippen LogP contribution in [0.15, 0.2) is 18.2 Å². The molecule has 1 rings (SSSR count). The zero-order chi connectivity index (χ0) is 13.2. The van der Waals surface area contributed by atoms with E-state index in [1.54, 1.807) is 12.1 Å². The third kappa shape index (κ3) is 3.07. The van der Waals surface area contributed by atoms with Gasteiger partial charge in [-0.2, -0.15) is 0 Å². The van der Waals surface area contributed by atoms with Crippen LogP contribution in [0.25, 0.3) is 0 Å². The van der Waals surface area contributed by atoms with E-state index in [4.69, 9.17) is 5.11 Å². The van der Waals surface area contributed by atoms with Crippen LogP contribution in [-0.4, -0.2) is 16.2 Å². The first kappa shape index (κ1) is 13.7. The number of carbonyl (C=O) groups is 1. The van der Waals surface area contributed by atoms with Gasteiger partial charge < -0.3 is 10.2 Å². The van der Waals surface area contributed by atoms with Gasteiger partial charge in [0.1, 0.15) is 0 Å². The van der Waals surface area contributed by atoms with Crippen molar-refractivity contribution in [3.63, 3.8) is 0 Å². The van der Waals surface area contributed by atoms with Crippen molar-refractivity contribution >= 4 is 5.97 Å². The predicted molar refractivity (Wildman–Crippen MR) is 67.2 cm³/mol. The fraction of sp³-hybridized carbons (Fsp3) is 0.500. The van der Waals surface area contributed by atoms with Crippen LogP contribution < -0.4 is 0 Å². The van der Waals surface area contributed by atoms with Gasteiger partial charge in [-0.1, -0.05) is 45.9 Å². The third-order valence-electron chi connectivity index (χ3n) is 2.90. The Hall–Kier alpha value is -1.35. The molecule has 0 aliphatic heterocycles. The van der Waals surface area contributed by atoms with Crippen molar-refractivity contribution < 1.29 is 15.0 Å². The Kier molecular flexibility index (Phi) is 4.29. The average Bonchev–Trinajstić information content (AvgIpc) is 2.26. The summed E-state index contributed by atoms with van der Waals surface area (Å²) in [5, 5.41) is 18.3. The van der Waals surface area contributed by atoms with E-state index in [1.807, 2.05) is 6.07 Å². The minimum Gasteiger partial charge on any atom is -0.479 e. The second-order valence-corrected chi connectivity index (χ2v) is 4.94. The molecule has 1 atom stereocenters. The lowest BCUT2D eigenvalue weighted by atomic mass is 9.88.